The van der Waals surface area contributed by atoms with E-state index >= 15 is 0 Å². The van der Waals surface area contributed by atoms with Gasteiger partial charge in [-0.25, -0.2) is 4.79 Å². The lowest BCUT2D eigenvalue weighted by atomic mass is 10.1. The Hall–Kier alpha value is -1.02. The van der Waals surface area contributed by atoms with Crippen molar-refractivity contribution in [1.29, 1.82) is 0 Å². The maximum Gasteiger partial charge on any atom is 0.407 e. The zero-order valence-corrected chi connectivity index (χ0v) is 17.5. The van der Waals surface area contributed by atoms with Crippen LogP contribution in [0.4, 0.5) is 4.79 Å². The highest BCUT2D eigenvalue weighted by Crippen LogP contribution is 2.15. The topological polar surface area (TPSA) is 50.8 Å². The fraction of sp³-hybridized carbons (Fsp3) is 0.632. The number of hydrogen-bond acceptors (Lipinski definition) is 4. The summed E-state index contributed by atoms with van der Waals surface area (Å²) >= 11 is 2.29. The van der Waals surface area contributed by atoms with E-state index in [4.69, 9.17) is 9.47 Å². The maximum atomic E-state index is 11.9. The number of hydrogen-bond donors (Lipinski definition) is 1. The molecule has 0 saturated carbocycles. The highest BCUT2D eigenvalue weighted by Gasteiger charge is 2.23. The normalized spacial score (nSPS) is 18.6. The van der Waals surface area contributed by atoms with Gasteiger partial charge in [0, 0.05) is 22.7 Å². The largest absolute Gasteiger partial charge is 0.494 e. The fourth-order valence-corrected chi connectivity index (χ4v) is 3.22. The number of piperidine rings is 1. The van der Waals surface area contributed by atoms with Gasteiger partial charge in [-0.2, -0.15) is 0 Å². The van der Waals surface area contributed by atoms with Gasteiger partial charge in [-0.3, -0.25) is 0 Å². The van der Waals surface area contributed by atoms with Crippen LogP contribution in [-0.2, 0) is 4.74 Å². The van der Waals surface area contributed by atoms with Crippen molar-refractivity contribution in [2.24, 2.45) is 0 Å². The molecular weight excluding hydrogens is 431 g/mol. The summed E-state index contributed by atoms with van der Waals surface area (Å²) in [5, 5.41) is 2.99. The summed E-state index contributed by atoms with van der Waals surface area (Å²) in [5.74, 6) is 0.920. The van der Waals surface area contributed by atoms with Crippen molar-refractivity contribution >= 4 is 28.7 Å². The first-order valence-electron chi connectivity index (χ1n) is 8.92. The predicted octanol–water partition coefficient (Wildman–Crippen LogP) is 4.05. The molecule has 140 valence electrons. The Morgan fingerprint density at radius 1 is 1.32 bits per heavy atom. The molecule has 0 aromatic heterocycles. The van der Waals surface area contributed by atoms with Crippen LogP contribution in [0.3, 0.4) is 0 Å². The molecule has 25 heavy (non-hydrogen) atoms. The van der Waals surface area contributed by atoms with Crippen molar-refractivity contribution in [3.63, 3.8) is 0 Å². The third-order valence-electron chi connectivity index (χ3n) is 3.93. The number of alkyl carbamates (subject to hydrolysis) is 1. The fourth-order valence-electron chi connectivity index (χ4n) is 2.86. The van der Waals surface area contributed by atoms with Crippen LogP contribution in [0.1, 0.15) is 40.0 Å². The number of benzene rings is 1. The molecule has 0 aliphatic carbocycles. The first kappa shape index (κ1) is 20.3. The second-order valence-corrected chi connectivity index (χ2v) is 8.69. The summed E-state index contributed by atoms with van der Waals surface area (Å²) < 4.78 is 12.3. The molecule has 1 amide bonds. The minimum absolute atomic E-state index is 0.167. The van der Waals surface area contributed by atoms with E-state index in [2.05, 4.69) is 32.8 Å². The Kier molecular flexibility index (Phi) is 7.81. The average molecular weight is 460 g/mol. The Bertz CT molecular complexity index is 543. The number of amides is 1. The summed E-state index contributed by atoms with van der Waals surface area (Å²) in [6, 6.07) is 8.27. The van der Waals surface area contributed by atoms with Crippen molar-refractivity contribution in [3.8, 4) is 5.75 Å². The van der Waals surface area contributed by atoms with Crippen LogP contribution in [0.5, 0.6) is 5.75 Å². The summed E-state index contributed by atoms with van der Waals surface area (Å²) in [4.78, 5) is 14.3. The number of nitrogens with one attached hydrogen (secondary N) is 1. The number of ether oxygens (including phenoxy) is 2. The molecule has 6 heteroatoms. The third kappa shape index (κ3) is 8.27. The first-order valence-corrected chi connectivity index (χ1v) is 10.00. The Labute approximate surface area is 164 Å². The first-order chi connectivity index (χ1) is 11.8. The van der Waals surface area contributed by atoms with Crippen molar-refractivity contribution in [1.82, 2.24) is 10.2 Å². The van der Waals surface area contributed by atoms with Gasteiger partial charge < -0.3 is 19.7 Å². The van der Waals surface area contributed by atoms with Crippen molar-refractivity contribution in [2.45, 2.75) is 51.7 Å². The van der Waals surface area contributed by atoms with E-state index in [0.717, 1.165) is 44.6 Å². The van der Waals surface area contributed by atoms with Crippen LogP contribution < -0.4 is 10.1 Å². The monoisotopic (exact) mass is 460 g/mol. The molecule has 1 fully saturated rings. The second kappa shape index (κ2) is 9.62. The predicted molar refractivity (Wildman–Crippen MR) is 108 cm³/mol. The molecule has 1 aromatic carbocycles. The number of carbonyl (C=O) groups excluding carboxylic acids is 1. The van der Waals surface area contributed by atoms with E-state index in [1.165, 1.54) is 3.57 Å². The molecule has 1 unspecified atom stereocenters. The number of likely N-dealkylation sites (tertiary alicyclic amines) is 1. The van der Waals surface area contributed by atoms with Gasteiger partial charge in [0.15, 0.2) is 0 Å². The van der Waals surface area contributed by atoms with Crippen LogP contribution in [0, 0.1) is 3.57 Å². The summed E-state index contributed by atoms with van der Waals surface area (Å²) in [7, 11) is 0. The van der Waals surface area contributed by atoms with Crippen molar-refractivity contribution < 1.29 is 14.3 Å². The third-order valence-corrected chi connectivity index (χ3v) is 4.65. The lowest BCUT2D eigenvalue weighted by Gasteiger charge is -2.33. The van der Waals surface area contributed by atoms with Gasteiger partial charge in [0.1, 0.15) is 11.4 Å². The minimum atomic E-state index is -0.453. The van der Waals surface area contributed by atoms with Crippen molar-refractivity contribution in [2.75, 3.05) is 26.2 Å². The van der Waals surface area contributed by atoms with Gasteiger partial charge in [-0.15, -0.1) is 0 Å². The van der Waals surface area contributed by atoms with Crippen LogP contribution in [-0.4, -0.2) is 48.9 Å². The molecule has 1 N–H and O–H groups in total. The molecule has 1 saturated heterocycles. The second-order valence-electron chi connectivity index (χ2n) is 7.44. The van der Waals surface area contributed by atoms with Crippen LogP contribution in [0.15, 0.2) is 24.3 Å². The average Bonchev–Trinajstić information content (AvgIpc) is 2.52. The minimum Gasteiger partial charge on any atom is -0.494 e. The van der Waals surface area contributed by atoms with Crippen LogP contribution in [0.2, 0.25) is 0 Å². The van der Waals surface area contributed by atoms with Crippen LogP contribution >= 0.6 is 22.6 Å². The van der Waals surface area contributed by atoms with E-state index in [1.807, 2.05) is 45.0 Å². The van der Waals surface area contributed by atoms with E-state index in [9.17, 15) is 4.79 Å². The van der Waals surface area contributed by atoms with Crippen LogP contribution in [0.25, 0.3) is 0 Å². The van der Waals surface area contributed by atoms with Gasteiger partial charge in [0.2, 0.25) is 0 Å². The molecule has 0 radical (unpaired) electrons. The maximum absolute atomic E-state index is 11.9. The van der Waals surface area contributed by atoms with E-state index in [1.54, 1.807) is 0 Å². The molecule has 1 aliphatic rings. The van der Waals surface area contributed by atoms with Gasteiger partial charge in [-0.1, -0.05) is 0 Å². The molecule has 1 aliphatic heterocycles. The molecule has 0 bridgehead atoms. The summed E-state index contributed by atoms with van der Waals surface area (Å²) in [5.41, 5.74) is -0.453. The number of rotatable bonds is 6. The molecule has 2 rings (SSSR count). The molecule has 1 aromatic rings. The number of carbonyl (C=O) groups is 1. The lowest BCUT2D eigenvalue weighted by Crippen LogP contribution is -2.49. The Balaban J connectivity index is 1.65. The van der Waals surface area contributed by atoms with Gasteiger partial charge in [-0.05, 0) is 93.4 Å². The Morgan fingerprint density at radius 3 is 2.72 bits per heavy atom. The zero-order chi connectivity index (χ0) is 18.3. The number of nitrogens with zero attached hydrogens (tertiary/aromatic N) is 1. The van der Waals surface area contributed by atoms with Gasteiger partial charge >= 0.3 is 6.09 Å². The molecular formula is C19H29IN2O3. The summed E-state index contributed by atoms with van der Waals surface area (Å²) in [6.45, 7) is 9.30. The van der Waals surface area contributed by atoms with E-state index in [-0.39, 0.29) is 12.1 Å². The molecule has 1 atom stereocenters. The summed E-state index contributed by atoms with van der Waals surface area (Å²) in [6.07, 6.45) is 2.76. The molecule has 0 spiro atoms. The van der Waals surface area contributed by atoms with Gasteiger partial charge in [0.05, 0.1) is 6.61 Å². The highest BCUT2D eigenvalue weighted by atomic mass is 127. The van der Waals surface area contributed by atoms with E-state index in [0.29, 0.717) is 6.61 Å². The number of halogens is 1. The lowest BCUT2D eigenvalue weighted by molar-refractivity contribution is 0.0471. The quantitative estimate of drug-likeness (QED) is 0.514. The molecule has 1 heterocycles. The van der Waals surface area contributed by atoms with E-state index < -0.39 is 5.60 Å². The Morgan fingerprint density at radius 2 is 2.04 bits per heavy atom. The molecule has 5 nitrogen and oxygen atoms in total. The SMILES string of the molecule is CC(C)(C)OC(=O)NC1CCCN(CCCOc2ccc(I)cc2)C1. The zero-order valence-electron chi connectivity index (χ0n) is 15.4. The van der Waals surface area contributed by atoms with Gasteiger partial charge in [0.25, 0.3) is 0 Å². The van der Waals surface area contributed by atoms with Crippen molar-refractivity contribution in [3.05, 3.63) is 27.8 Å². The highest BCUT2D eigenvalue weighted by molar-refractivity contribution is 14.1. The standard InChI is InChI=1S/C19H29IN2O3/c1-19(2,3)25-18(23)21-16-6-4-11-22(14-16)12-5-13-24-17-9-7-15(20)8-10-17/h7-10,16H,4-6,11-14H2,1-3H3,(H,21,23). The smallest absolute Gasteiger partial charge is 0.407 e.